The maximum absolute atomic E-state index is 12.9. The summed E-state index contributed by atoms with van der Waals surface area (Å²) in [6.45, 7) is 0. The normalized spacial score (nSPS) is 15.9. The lowest BCUT2D eigenvalue weighted by Crippen LogP contribution is -2.07. The zero-order valence-corrected chi connectivity index (χ0v) is 12.7. The summed E-state index contributed by atoms with van der Waals surface area (Å²) in [6, 6.07) is 0. The van der Waals surface area contributed by atoms with Crippen LogP contribution in [0.25, 0.3) is 15.7 Å². The van der Waals surface area contributed by atoms with Crippen LogP contribution >= 0.6 is 22.9 Å². The Bertz CT molecular complexity index is 875. The predicted octanol–water partition coefficient (Wildman–Crippen LogP) is 3.14. The summed E-state index contributed by atoms with van der Waals surface area (Å²) in [5.41, 5.74) is -0.980. The molecule has 116 valence electrons. The summed E-state index contributed by atoms with van der Waals surface area (Å²) in [7, 11) is 1.40. The van der Waals surface area contributed by atoms with E-state index < -0.39 is 16.9 Å². The number of hydrogen-bond acceptors (Lipinski definition) is 5. The standard InChI is InChI=1S/C11H8ClF3N6S/c1-20-6(5(12)7(18-20)11(13,14)15)9-19-21-8(4-2-3-4)16-17-10(21)22-9/h4H,2-3H2,1H3. The van der Waals surface area contributed by atoms with E-state index in [0.29, 0.717) is 15.9 Å². The van der Waals surface area contributed by atoms with Crippen LogP contribution in [-0.2, 0) is 13.2 Å². The molecule has 22 heavy (non-hydrogen) atoms. The van der Waals surface area contributed by atoms with Crippen molar-refractivity contribution >= 4 is 27.9 Å². The number of halogens is 4. The van der Waals surface area contributed by atoms with Crippen LogP contribution in [0.3, 0.4) is 0 Å². The van der Waals surface area contributed by atoms with E-state index in [2.05, 4.69) is 20.4 Å². The maximum atomic E-state index is 12.9. The van der Waals surface area contributed by atoms with Gasteiger partial charge in [-0.2, -0.15) is 27.9 Å². The lowest BCUT2D eigenvalue weighted by Gasteiger charge is -2.01. The minimum absolute atomic E-state index is 0.131. The predicted molar refractivity (Wildman–Crippen MR) is 72.8 cm³/mol. The third-order valence-corrected chi connectivity index (χ3v) is 4.68. The Labute approximate surface area is 130 Å². The largest absolute Gasteiger partial charge is 0.436 e. The van der Waals surface area contributed by atoms with Crippen LogP contribution in [0.1, 0.15) is 30.3 Å². The van der Waals surface area contributed by atoms with Crippen molar-refractivity contribution in [1.82, 2.24) is 29.6 Å². The average Bonchev–Trinajstić information content (AvgIpc) is 2.93. The Kier molecular flexibility index (Phi) is 2.80. The molecule has 1 aliphatic carbocycles. The number of hydrogen-bond donors (Lipinski definition) is 0. The Balaban J connectivity index is 1.87. The molecule has 0 N–H and O–H groups in total. The molecule has 0 unspecified atom stereocenters. The fourth-order valence-electron chi connectivity index (χ4n) is 2.24. The molecule has 0 aromatic carbocycles. The van der Waals surface area contributed by atoms with Crippen molar-refractivity contribution < 1.29 is 13.2 Å². The van der Waals surface area contributed by atoms with E-state index in [1.807, 2.05) is 0 Å². The lowest BCUT2D eigenvalue weighted by atomic mass is 10.3. The van der Waals surface area contributed by atoms with Crippen molar-refractivity contribution in [3.8, 4) is 10.7 Å². The van der Waals surface area contributed by atoms with Crippen molar-refractivity contribution in [2.75, 3.05) is 0 Å². The molecule has 0 amide bonds. The van der Waals surface area contributed by atoms with E-state index in [9.17, 15) is 13.2 Å². The highest BCUT2D eigenvalue weighted by molar-refractivity contribution is 7.19. The van der Waals surface area contributed by atoms with Gasteiger partial charge in [-0.25, -0.2) is 0 Å². The second kappa shape index (κ2) is 4.42. The van der Waals surface area contributed by atoms with E-state index in [4.69, 9.17) is 11.6 Å². The first-order valence-corrected chi connectivity index (χ1v) is 7.58. The molecule has 0 spiro atoms. The molecule has 0 atom stereocenters. The first kappa shape index (κ1) is 13.9. The van der Waals surface area contributed by atoms with Gasteiger partial charge in [0.1, 0.15) is 10.7 Å². The van der Waals surface area contributed by atoms with Crippen molar-refractivity contribution in [2.45, 2.75) is 24.9 Å². The maximum Gasteiger partial charge on any atom is 0.436 e. The van der Waals surface area contributed by atoms with Gasteiger partial charge < -0.3 is 0 Å². The summed E-state index contributed by atoms with van der Waals surface area (Å²) in [5, 5.41) is 15.7. The van der Waals surface area contributed by atoms with Crippen LogP contribution in [0.2, 0.25) is 5.02 Å². The fraction of sp³-hybridized carbons (Fsp3) is 0.455. The van der Waals surface area contributed by atoms with Gasteiger partial charge in [-0.3, -0.25) is 4.68 Å². The minimum Gasteiger partial charge on any atom is -0.263 e. The Morgan fingerprint density at radius 3 is 2.55 bits per heavy atom. The SMILES string of the molecule is Cn1nc(C(F)(F)F)c(Cl)c1-c1nn2c(C3CC3)nnc2s1. The van der Waals surface area contributed by atoms with Gasteiger partial charge in [0.25, 0.3) is 0 Å². The zero-order chi connectivity index (χ0) is 15.6. The minimum atomic E-state index is -4.61. The van der Waals surface area contributed by atoms with Crippen LogP contribution in [0, 0.1) is 0 Å². The second-order valence-electron chi connectivity index (χ2n) is 5.07. The van der Waals surface area contributed by atoms with Gasteiger partial charge in [0.15, 0.2) is 16.5 Å². The zero-order valence-electron chi connectivity index (χ0n) is 11.1. The Morgan fingerprint density at radius 2 is 1.95 bits per heavy atom. The molecule has 3 aromatic rings. The monoisotopic (exact) mass is 348 g/mol. The van der Waals surface area contributed by atoms with Gasteiger partial charge in [0.05, 0.1) is 0 Å². The molecule has 0 saturated heterocycles. The molecule has 11 heteroatoms. The molecule has 6 nitrogen and oxygen atoms in total. The highest BCUT2D eigenvalue weighted by Gasteiger charge is 2.39. The molecule has 1 fully saturated rings. The third-order valence-electron chi connectivity index (χ3n) is 3.42. The summed E-state index contributed by atoms with van der Waals surface area (Å²) in [5.74, 6) is 1.07. The number of aryl methyl sites for hydroxylation is 1. The summed E-state index contributed by atoms with van der Waals surface area (Å²) < 4.78 is 41.3. The van der Waals surface area contributed by atoms with Gasteiger partial charge in [-0.05, 0) is 12.8 Å². The van der Waals surface area contributed by atoms with Gasteiger partial charge in [0.2, 0.25) is 4.96 Å². The number of alkyl halides is 3. The van der Waals surface area contributed by atoms with E-state index in [0.717, 1.165) is 34.7 Å². The molecule has 0 radical (unpaired) electrons. The van der Waals surface area contributed by atoms with Crippen LogP contribution in [0.15, 0.2) is 0 Å². The molecule has 1 aliphatic rings. The highest BCUT2D eigenvalue weighted by Crippen LogP contribution is 2.42. The number of nitrogens with zero attached hydrogens (tertiary/aromatic N) is 6. The van der Waals surface area contributed by atoms with Crippen molar-refractivity contribution in [1.29, 1.82) is 0 Å². The summed E-state index contributed by atoms with van der Waals surface area (Å²) in [6.07, 6.45) is -2.55. The molecule has 1 saturated carbocycles. The fourth-order valence-corrected chi connectivity index (χ4v) is 3.58. The topological polar surface area (TPSA) is 60.9 Å². The van der Waals surface area contributed by atoms with Crippen LogP contribution < -0.4 is 0 Å². The smallest absolute Gasteiger partial charge is 0.263 e. The third kappa shape index (κ3) is 2.01. The molecule has 0 bridgehead atoms. The molecule has 4 rings (SSSR count). The highest BCUT2D eigenvalue weighted by atomic mass is 35.5. The van der Waals surface area contributed by atoms with Gasteiger partial charge in [0, 0.05) is 13.0 Å². The van der Waals surface area contributed by atoms with E-state index in [-0.39, 0.29) is 5.69 Å². The van der Waals surface area contributed by atoms with Gasteiger partial charge in [-0.1, -0.05) is 22.9 Å². The Morgan fingerprint density at radius 1 is 1.23 bits per heavy atom. The molecule has 3 heterocycles. The van der Waals surface area contributed by atoms with Gasteiger partial charge in [-0.15, -0.1) is 10.2 Å². The summed E-state index contributed by atoms with van der Waals surface area (Å²) >= 11 is 7.01. The van der Waals surface area contributed by atoms with Gasteiger partial charge >= 0.3 is 6.18 Å². The van der Waals surface area contributed by atoms with Crippen molar-refractivity contribution in [3.63, 3.8) is 0 Å². The average molecular weight is 349 g/mol. The molecule has 3 aromatic heterocycles. The van der Waals surface area contributed by atoms with Crippen LogP contribution in [0.4, 0.5) is 13.2 Å². The molecular weight excluding hydrogens is 341 g/mol. The first-order chi connectivity index (χ1) is 10.4. The summed E-state index contributed by atoms with van der Waals surface area (Å²) in [4.78, 5) is 0.530. The van der Waals surface area contributed by atoms with Crippen LogP contribution in [0.5, 0.6) is 0 Å². The number of aromatic nitrogens is 6. The van der Waals surface area contributed by atoms with E-state index in [1.165, 1.54) is 7.05 Å². The van der Waals surface area contributed by atoms with E-state index in [1.54, 1.807) is 4.52 Å². The lowest BCUT2D eigenvalue weighted by molar-refractivity contribution is -0.141. The van der Waals surface area contributed by atoms with Crippen molar-refractivity contribution in [3.05, 3.63) is 16.5 Å². The van der Waals surface area contributed by atoms with Crippen LogP contribution in [-0.4, -0.2) is 29.6 Å². The number of fused-ring (bicyclic) bond motifs is 1. The Hall–Kier alpha value is -1.68. The van der Waals surface area contributed by atoms with E-state index >= 15 is 0 Å². The molecule has 0 aliphatic heterocycles. The number of rotatable bonds is 2. The second-order valence-corrected chi connectivity index (χ2v) is 6.40. The van der Waals surface area contributed by atoms with Crippen molar-refractivity contribution in [2.24, 2.45) is 7.05 Å². The molecular formula is C11H8ClF3N6S. The first-order valence-electron chi connectivity index (χ1n) is 6.38. The quantitative estimate of drug-likeness (QED) is 0.714.